The van der Waals surface area contributed by atoms with Gasteiger partial charge in [0.2, 0.25) is 0 Å². The zero-order valence-electron chi connectivity index (χ0n) is 14.2. The van der Waals surface area contributed by atoms with Crippen molar-refractivity contribution >= 4 is 11.8 Å². The fraction of sp³-hybridized carbons (Fsp3) is 0.333. The van der Waals surface area contributed by atoms with Gasteiger partial charge in [0.05, 0.1) is 17.8 Å². The second-order valence-electron chi connectivity index (χ2n) is 6.98. The predicted molar refractivity (Wildman–Crippen MR) is 96.3 cm³/mol. The quantitative estimate of drug-likeness (QED) is 0.806. The SMILES string of the molecule is O=C1c2ccccc2C(=O)N1CN1CCC(Cc2ccccc2)CC1. The second kappa shape index (κ2) is 6.81. The summed E-state index contributed by atoms with van der Waals surface area (Å²) in [7, 11) is 0. The molecule has 0 atom stereocenters. The Balaban J connectivity index is 1.34. The van der Waals surface area contributed by atoms with Crippen LogP contribution in [0.25, 0.3) is 0 Å². The molecule has 1 fully saturated rings. The second-order valence-corrected chi connectivity index (χ2v) is 6.98. The third-order valence-corrected chi connectivity index (χ3v) is 5.29. The zero-order valence-corrected chi connectivity index (χ0v) is 14.2. The Kier molecular flexibility index (Phi) is 4.36. The van der Waals surface area contributed by atoms with Crippen molar-refractivity contribution in [2.24, 2.45) is 5.92 Å². The Morgan fingerprint density at radius 2 is 1.36 bits per heavy atom. The van der Waals surface area contributed by atoms with Gasteiger partial charge in [-0.05, 0) is 42.9 Å². The summed E-state index contributed by atoms with van der Waals surface area (Å²) in [6.07, 6.45) is 3.33. The van der Waals surface area contributed by atoms with Crippen LogP contribution in [0.1, 0.15) is 39.1 Å². The van der Waals surface area contributed by atoms with Gasteiger partial charge in [0.15, 0.2) is 0 Å². The molecular formula is C21H22N2O2. The minimum Gasteiger partial charge on any atom is -0.286 e. The fourth-order valence-corrected chi connectivity index (χ4v) is 3.85. The summed E-state index contributed by atoms with van der Waals surface area (Å²) < 4.78 is 0. The van der Waals surface area contributed by atoms with Crippen LogP contribution in [-0.4, -0.2) is 41.4 Å². The average Bonchev–Trinajstić information content (AvgIpc) is 2.89. The topological polar surface area (TPSA) is 40.6 Å². The summed E-state index contributed by atoms with van der Waals surface area (Å²) in [6.45, 7) is 2.28. The molecule has 25 heavy (non-hydrogen) atoms. The Morgan fingerprint density at radius 3 is 1.96 bits per heavy atom. The number of piperidine rings is 1. The molecular weight excluding hydrogens is 312 g/mol. The number of hydrogen-bond donors (Lipinski definition) is 0. The molecule has 4 nitrogen and oxygen atoms in total. The summed E-state index contributed by atoms with van der Waals surface area (Å²) in [4.78, 5) is 28.5. The number of fused-ring (bicyclic) bond motifs is 1. The number of amides is 2. The van der Waals surface area contributed by atoms with Gasteiger partial charge in [-0.25, -0.2) is 0 Å². The van der Waals surface area contributed by atoms with Crippen LogP contribution in [0.3, 0.4) is 0 Å². The van der Waals surface area contributed by atoms with Crippen molar-refractivity contribution in [2.45, 2.75) is 19.3 Å². The van der Waals surface area contributed by atoms with E-state index in [0.717, 1.165) is 32.4 Å². The molecule has 0 bridgehead atoms. The minimum atomic E-state index is -0.160. The molecule has 2 heterocycles. The minimum absolute atomic E-state index is 0.160. The van der Waals surface area contributed by atoms with Gasteiger partial charge in [0.1, 0.15) is 0 Å². The molecule has 1 saturated heterocycles. The average molecular weight is 334 g/mol. The molecule has 2 aromatic rings. The first-order chi connectivity index (χ1) is 12.2. The number of carbonyl (C=O) groups is 2. The van der Waals surface area contributed by atoms with E-state index in [1.807, 2.05) is 18.2 Å². The van der Waals surface area contributed by atoms with E-state index in [-0.39, 0.29) is 11.8 Å². The first-order valence-corrected chi connectivity index (χ1v) is 8.94. The number of benzene rings is 2. The van der Waals surface area contributed by atoms with Gasteiger partial charge in [0, 0.05) is 13.1 Å². The monoisotopic (exact) mass is 334 g/mol. The van der Waals surface area contributed by atoms with E-state index in [4.69, 9.17) is 0 Å². The van der Waals surface area contributed by atoms with Crippen LogP contribution >= 0.6 is 0 Å². The van der Waals surface area contributed by atoms with Gasteiger partial charge in [-0.2, -0.15) is 0 Å². The Morgan fingerprint density at radius 1 is 0.800 bits per heavy atom. The molecule has 0 N–H and O–H groups in total. The van der Waals surface area contributed by atoms with Gasteiger partial charge in [-0.1, -0.05) is 42.5 Å². The number of carbonyl (C=O) groups excluding carboxylic acids is 2. The predicted octanol–water partition coefficient (Wildman–Crippen LogP) is 3.19. The molecule has 0 unspecified atom stereocenters. The van der Waals surface area contributed by atoms with Gasteiger partial charge in [-0.3, -0.25) is 19.4 Å². The third-order valence-electron chi connectivity index (χ3n) is 5.29. The highest BCUT2D eigenvalue weighted by Gasteiger charge is 2.36. The lowest BCUT2D eigenvalue weighted by atomic mass is 9.90. The van der Waals surface area contributed by atoms with Crippen LogP contribution in [-0.2, 0) is 6.42 Å². The standard InChI is InChI=1S/C21H22N2O2/c24-20-18-8-4-5-9-19(18)21(25)23(20)15-22-12-10-17(11-13-22)14-16-6-2-1-3-7-16/h1-9,17H,10-15H2. The lowest BCUT2D eigenvalue weighted by Crippen LogP contribution is -2.44. The molecule has 4 heteroatoms. The van der Waals surface area contributed by atoms with Crippen LogP contribution in [0.4, 0.5) is 0 Å². The molecule has 2 aliphatic rings. The molecule has 0 radical (unpaired) electrons. The molecule has 0 saturated carbocycles. The van der Waals surface area contributed by atoms with Crippen LogP contribution in [0.15, 0.2) is 54.6 Å². The summed E-state index contributed by atoms with van der Waals surface area (Å²) >= 11 is 0. The maximum absolute atomic E-state index is 12.5. The van der Waals surface area contributed by atoms with E-state index in [1.165, 1.54) is 10.5 Å². The molecule has 2 amide bonds. The Labute approximate surface area is 148 Å². The Bertz CT molecular complexity index is 744. The normalized spacial score (nSPS) is 18.6. The van der Waals surface area contributed by atoms with Crippen LogP contribution in [0.2, 0.25) is 0 Å². The van der Waals surface area contributed by atoms with Gasteiger partial charge >= 0.3 is 0 Å². The van der Waals surface area contributed by atoms with E-state index in [9.17, 15) is 9.59 Å². The van der Waals surface area contributed by atoms with Crippen molar-refractivity contribution in [3.05, 3.63) is 71.3 Å². The van der Waals surface area contributed by atoms with E-state index in [1.54, 1.807) is 12.1 Å². The zero-order chi connectivity index (χ0) is 17.2. The van der Waals surface area contributed by atoms with Gasteiger partial charge in [0.25, 0.3) is 11.8 Å². The molecule has 2 aromatic carbocycles. The summed E-state index contributed by atoms with van der Waals surface area (Å²) in [6, 6.07) is 17.7. The highest BCUT2D eigenvalue weighted by atomic mass is 16.2. The van der Waals surface area contributed by atoms with Crippen molar-refractivity contribution in [3.63, 3.8) is 0 Å². The number of hydrogen-bond acceptors (Lipinski definition) is 3. The largest absolute Gasteiger partial charge is 0.286 e. The summed E-state index contributed by atoms with van der Waals surface area (Å²) in [5.74, 6) is 0.361. The summed E-state index contributed by atoms with van der Waals surface area (Å²) in [5.41, 5.74) is 2.46. The van der Waals surface area contributed by atoms with Gasteiger partial charge < -0.3 is 0 Å². The number of likely N-dealkylation sites (tertiary alicyclic amines) is 1. The van der Waals surface area contributed by atoms with Gasteiger partial charge in [-0.15, -0.1) is 0 Å². The van der Waals surface area contributed by atoms with Crippen LogP contribution in [0.5, 0.6) is 0 Å². The van der Waals surface area contributed by atoms with E-state index >= 15 is 0 Å². The van der Waals surface area contributed by atoms with E-state index in [0.29, 0.717) is 23.7 Å². The van der Waals surface area contributed by atoms with E-state index < -0.39 is 0 Å². The van der Waals surface area contributed by atoms with E-state index in [2.05, 4.69) is 29.2 Å². The fourth-order valence-electron chi connectivity index (χ4n) is 3.85. The first-order valence-electron chi connectivity index (χ1n) is 8.94. The van der Waals surface area contributed by atoms with Crippen molar-refractivity contribution in [1.29, 1.82) is 0 Å². The molecule has 0 aliphatic carbocycles. The molecule has 0 spiro atoms. The number of imide groups is 1. The third kappa shape index (κ3) is 3.22. The van der Waals surface area contributed by atoms with Crippen molar-refractivity contribution < 1.29 is 9.59 Å². The number of rotatable bonds is 4. The maximum Gasteiger partial charge on any atom is 0.262 e. The Hall–Kier alpha value is -2.46. The van der Waals surface area contributed by atoms with Crippen molar-refractivity contribution in [3.8, 4) is 0 Å². The highest BCUT2D eigenvalue weighted by Crippen LogP contribution is 2.25. The van der Waals surface area contributed by atoms with Crippen LogP contribution in [0, 0.1) is 5.92 Å². The lowest BCUT2D eigenvalue weighted by Gasteiger charge is -2.33. The van der Waals surface area contributed by atoms with Crippen molar-refractivity contribution in [2.75, 3.05) is 19.8 Å². The molecule has 128 valence electrons. The smallest absolute Gasteiger partial charge is 0.262 e. The highest BCUT2D eigenvalue weighted by molar-refractivity contribution is 6.21. The molecule has 4 rings (SSSR count). The first kappa shape index (κ1) is 16.0. The molecule has 2 aliphatic heterocycles. The van der Waals surface area contributed by atoms with Crippen LogP contribution < -0.4 is 0 Å². The lowest BCUT2D eigenvalue weighted by molar-refractivity contribution is 0.0495. The van der Waals surface area contributed by atoms with Crippen molar-refractivity contribution in [1.82, 2.24) is 9.80 Å². The molecule has 0 aromatic heterocycles. The number of nitrogens with zero attached hydrogens (tertiary/aromatic N) is 2. The summed E-state index contributed by atoms with van der Waals surface area (Å²) in [5, 5.41) is 0. The maximum atomic E-state index is 12.5.